The number of benzene rings is 2. The lowest BCUT2D eigenvalue weighted by atomic mass is 9.83. The number of likely N-dealkylation sites (tertiary alicyclic amines) is 1. The van der Waals surface area contributed by atoms with Crippen molar-refractivity contribution in [2.24, 2.45) is 0 Å². The van der Waals surface area contributed by atoms with Gasteiger partial charge in [-0.15, -0.1) is 0 Å². The Bertz CT molecular complexity index is 2560. The monoisotopic (exact) mass is 909 g/mol. The maximum absolute atomic E-state index is 13.5. The summed E-state index contributed by atoms with van der Waals surface area (Å²) in [5, 5.41) is 9.35. The molecule has 2 aromatic heterocycles. The van der Waals surface area contributed by atoms with E-state index in [1.807, 2.05) is 38.1 Å². The third-order valence-corrected chi connectivity index (χ3v) is 14.0. The Hall–Kier alpha value is -5.78. The molecule has 0 spiro atoms. The fourth-order valence-electron chi connectivity index (χ4n) is 10.1. The van der Waals surface area contributed by atoms with Crippen LogP contribution >= 0.6 is 11.6 Å². The largest absolute Gasteiger partial charge is 0.496 e. The van der Waals surface area contributed by atoms with Gasteiger partial charge in [-0.3, -0.25) is 29.3 Å². The molecule has 5 aliphatic rings. The summed E-state index contributed by atoms with van der Waals surface area (Å²) in [6, 6.07) is 11.1. The van der Waals surface area contributed by atoms with Gasteiger partial charge in [0.15, 0.2) is 18.2 Å². The molecule has 4 aromatic rings. The van der Waals surface area contributed by atoms with Gasteiger partial charge in [0.25, 0.3) is 17.4 Å². The zero-order chi connectivity index (χ0) is 45.5. The SMILES string of the molecule is CNC(=O)COc1cc2cc(Nc3nc(N4CCC(OC5CC(N6CCC(c7cc8c(c(OC)c7)C(=O)N([C@@H]7CCC(=O)NC7=O)C8)CC6)C5)CC4)ncc3Cl)ccc2n(C(C)C)c1=O. The molecule has 1 aliphatic carbocycles. The number of imide groups is 1. The van der Waals surface area contributed by atoms with Crippen molar-refractivity contribution in [2.45, 2.75) is 108 Å². The highest BCUT2D eigenvalue weighted by Crippen LogP contribution is 2.41. The van der Waals surface area contributed by atoms with Gasteiger partial charge >= 0.3 is 0 Å². The van der Waals surface area contributed by atoms with Crippen molar-refractivity contribution in [3.8, 4) is 11.5 Å². The molecular formula is C47H56ClN9O8. The Labute approximate surface area is 382 Å². The van der Waals surface area contributed by atoms with Crippen LogP contribution in [-0.4, -0.2) is 119 Å². The molecule has 3 saturated heterocycles. The fourth-order valence-corrected chi connectivity index (χ4v) is 10.2. The van der Waals surface area contributed by atoms with Gasteiger partial charge in [0.2, 0.25) is 17.8 Å². The van der Waals surface area contributed by atoms with Crippen molar-refractivity contribution in [3.63, 3.8) is 0 Å². The standard InChI is InChI=1S/C47H56ClN9O8/c1-26(2)57-36-6-5-31(18-29(36)20-39(45(57)61)64-25-41(59)49-3)51-43-35(48)23-50-47(53-43)55-15-11-33(12-16-55)65-34-21-32(22-34)54-13-9-27(10-14-54)28-17-30-24-56(37-7-8-40(58)52-44(37)60)46(62)42(30)38(19-28)63-4/h5-6,17-20,23,26-27,32-34,37H,7-16,21-22,24-25H2,1-4H3,(H,49,59)(H,50,51,53)(H,52,58,60)/t32?,34?,37-/m1/s1. The molecule has 9 rings (SSSR count). The Morgan fingerprint density at radius 1 is 0.954 bits per heavy atom. The number of piperidine rings is 3. The number of carbonyl (C=O) groups excluding carboxylic acids is 4. The van der Waals surface area contributed by atoms with Crippen LogP contribution in [0.4, 0.5) is 17.5 Å². The van der Waals surface area contributed by atoms with E-state index in [4.69, 9.17) is 30.8 Å². The van der Waals surface area contributed by atoms with Crippen LogP contribution in [0.15, 0.2) is 47.4 Å². The van der Waals surface area contributed by atoms with Crippen LogP contribution in [0.2, 0.25) is 5.02 Å². The van der Waals surface area contributed by atoms with Gasteiger partial charge < -0.3 is 44.1 Å². The number of aromatic nitrogens is 3. The molecule has 1 saturated carbocycles. The smallest absolute Gasteiger partial charge is 0.293 e. The summed E-state index contributed by atoms with van der Waals surface area (Å²) < 4.78 is 19.6. The average Bonchev–Trinajstić information content (AvgIpc) is 3.62. The Kier molecular flexibility index (Phi) is 12.7. The summed E-state index contributed by atoms with van der Waals surface area (Å²) in [5.41, 5.74) is 3.71. The van der Waals surface area contributed by atoms with E-state index in [9.17, 15) is 24.0 Å². The number of ether oxygens (including phenoxy) is 3. The maximum atomic E-state index is 13.5. The fraction of sp³-hybridized carbons (Fsp3) is 0.511. The first-order valence-electron chi connectivity index (χ1n) is 22.7. The van der Waals surface area contributed by atoms with Crippen molar-refractivity contribution >= 4 is 63.6 Å². The third-order valence-electron chi connectivity index (χ3n) is 13.7. The zero-order valence-electron chi connectivity index (χ0n) is 37.2. The zero-order valence-corrected chi connectivity index (χ0v) is 38.0. The van der Waals surface area contributed by atoms with Crippen LogP contribution < -0.4 is 35.9 Å². The molecular weight excluding hydrogens is 854 g/mol. The number of halogens is 1. The van der Waals surface area contributed by atoms with Crippen molar-refractivity contribution in [1.82, 2.24) is 35.0 Å². The number of nitrogens with one attached hydrogen (secondary N) is 3. The molecule has 65 heavy (non-hydrogen) atoms. The molecule has 6 heterocycles. The normalized spacial score (nSPS) is 21.9. The summed E-state index contributed by atoms with van der Waals surface area (Å²) in [5.74, 6) is 0.779. The Morgan fingerprint density at radius 2 is 1.72 bits per heavy atom. The molecule has 0 bridgehead atoms. The van der Waals surface area contributed by atoms with Crippen molar-refractivity contribution < 1.29 is 33.4 Å². The Balaban J connectivity index is 0.750. The number of likely N-dealkylation sites (N-methyl/N-ethyl adjacent to an activating group) is 1. The van der Waals surface area contributed by atoms with Crippen molar-refractivity contribution in [3.05, 3.63) is 74.7 Å². The number of fused-ring (bicyclic) bond motifs is 2. The molecule has 1 atom stereocenters. The predicted octanol–water partition coefficient (Wildman–Crippen LogP) is 5.06. The van der Waals surface area contributed by atoms with E-state index in [0.29, 0.717) is 58.7 Å². The van der Waals surface area contributed by atoms with E-state index in [1.54, 1.807) is 28.8 Å². The summed E-state index contributed by atoms with van der Waals surface area (Å²) in [7, 11) is 3.10. The predicted molar refractivity (Wildman–Crippen MR) is 244 cm³/mol. The second-order valence-corrected chi connectivity index (χ2v) is 18.4. The summed E-state index contributed by atoms with van der Waals surface area (Å²) in [4.78, 5) is 78.6. The molecule has 4 fully saturated rings. The van der Waals surface area contributed by atoms with Gasteiger partial charge in [0, 0.05) is 56.3 Å². The number of nitrogens with zero attached hydrogens (tertiary/aromatic N) is 6. The Morgan fingerprint density at radius 3 is 2.43 bits per heavy atom. The summed E-state index contributed by atoms with van der Waals surface area (Å²) in [6.07, 6.45) is 8.40. The first-order chi connectivity index (χ1) is 31.4. The first-order valence-corrected chi connectivity index (χ1v) is 23.1. The molecule has 3 N–H and O–H groups in total. The summed E-state index contributed by atoms with van der Waals surface area (Å²) in [6.45, 7) is 7.43. The number of hydrogen-bond acceptors (Lipinski definition) is 13. The second-order valence-electron chi connectivity index (χ2n) is 18.0. The minimum absolute atomic E-state index is 0.0926. The molecule has 2 aromatic carbocycles. The minimum atomic E-state index is -0.658. The molecule has 0 unspecified atom stereocenters. The number of anilines is 3. The number of amides is 4. The van der Waals surface area contributed by atoms with Crippen LogP contribution in [0.25, 0.3) is 10.9 Å². The van der Waals surface area contributed by atoms with Crippen LogP contribution in [-0.2, 0) is 25.7 Å². The number of carbonyl (C=O) groups is 4. The highest BCUT2D eigenvalue weighted by Gasteiger charge is 2.42. The first kappa shape index (κ1) is 44.4. The van der Waals surface area contributed by atoms with Gasteiger partial charge in [-0.2, -0.15) is 4.98 Å². The molecule has 18 heteroatoms. The van der Waals surface area contributed by atoms with E-state index < -0.39 is 11.9 Å². The summed E-state index contributed by atoms with van der Waals surface area (Å²) >= 11 is 6.61. The van der Waals surface area contributed by atoms with Crippen molar-refractivity contribution in [1.29, 1.82) is 0 Å². The molecule has 17 nitrogen and oxygen atoms in total. The molecule has 0 radical (unpaired) electrons. The van der Waals surface area contributed by atoms with Gasteiger partial charge in [-0.1, -0.05) is 17.7 Å². The van der Waals surface area contributed by atoms with E-state index in [1.165, 1.54) is 12.6 Å². The third kappa shape index (κ3) is 9.10. The van der Waals surface area contributed by atoms with E-state index in [2.05, 4.69) is 36.8 Å². The van der Waals surface area contributed by atoms with E-state index >= 15 is 0 Å². The highest BCUT2D eigenvalue weighted by atomic mass is 35.5. The van der Waals surface area contributed by atoms with Gasteiger partial charge in [0.1, 0.15) is 16.8 Å². The number of methoxy groups -OCH3 is 1. The van der Waals surface area contributed by atoms with Crippen LogP contribution in [0.1, 0.15) is 98.7 Å². The second kappa shape index (κ2) is 18.6. The quantitative estimate of drug-likeness (QED) is 0.151. The van der Waals surface area contributed by atoms with Crippen LogP contribution in [0.5, 0.6) is 11.5 Å². The van der Waals surface area contributed by atoms with E-state index in [0.717, 1.165) is 81.2 Å². The van der Waals surface area contributed by atoms with E-state index in [-0.39, 0.29) is 60.3 Å². The average molecular weight is 910 g/mol. The van der Waals surface area contributed by atoms with Crippen LogP contribution in [0.3, 0.4) is 0 Å². The van der Waals surface area contributed by atoms with Crippen LogP contribution in [0, 0.1) is 0 Å². The lowest BCUT2D eigenvalue weighted by molar-refractivity contribution is -0.137. The van der Waals surface area contributed by atoms with Crippen molar-refractivity contribution in [2.75, 3.05) is 57.2 Å². The molecule has 4 amide bonds. The molecule has 4 aliphatic heterocycles. The van der Waals surface area contributed by atoms with Gasteiger partial charge in [-0.25, -0.2) is 4.98 Å². The number of pyridine rings is 1. The topological polar surface area (TPSA) is 190 Å². The minimum Gasteiger partial charge on any atom is -0.496 e. The lowest BCUT2D eigenvalue weighted by Crippen LogP contribution is -2.52. The number of hydrogen-bond donors (Lipinski definition) is 3. The lowest BCUT2D eigenvalue weighted by Gasteiger charge is -2.47. The van der Waals surface area contributed by atoms with Gasteiger partial charge in [0.05, 0.1) is 36.6 Å². The van der Waals surface area contributed by atoms with Gasteiger partial charge in [-0.05, 0) is 119 Å². The maximum Gasteiger partial charge on any atom is 0.293 e. The molecule has 344 valence electrons. The highest BCUT2D eigenvalue weighted by molar-refractivity contribution is 6.33. The number of rotatable bonds is 13.